The van der Waals surface area contributed by atoms with Crippen molar-refractivity contribution in [3.8, 4) is 6.01 Å². The first-order valence-electron chi connectivity index (χ1n) is 8.49. The van der Waals surface area contributed by atoms with E-state index in [1.54, 1.807) is 55.1 Å². The second kappa shape index (κ2) is 8.43. The van der Waals surface area contributed by atoms with E-state index < -0.39 is 5.60 Å². The SMILES string of the molecule is CN(C)CCOc1ncc(C(O)(c2ccc(Cl)cc2)c2cccnc2)cn1. The minimum Gasteiger partial charge on any atom is -0.462 e. The van der Waals surface area contributed by atoms with E-state index >= 15 is 0 Å². The predicted molar refractivity (Wildman–Crippen MR) is 104 cm³/mol. The topological polar surface area (TPSA) is 71.4 Å². The molecule has 7 heteroatoms. The molecule has 0 aliphatic rings. The summed E-state index contributed by atoms with van der Waals surface area (Å²) in [5.41, 5.74) is 0.306. The van der Waals surface area contributed by atoms with Crippen molar-refractivity contribution in [3.05, 3.63) is 82.9 Å². The van der Waals surface area contributed by atoms with Crippen molar-refractivity contribution < 1.29 is 9.84 Å². The lowest BCUT2D eigenvalue weighted by Crippen LogP contribution is -2.29. The van der Waals surface area contributed by atoms with Crippen LogP contribution in [0.4, 0.5) is 0 Å². The summed E-state index contributed by atoms with van der Waals surface area (Å²) in [5.74, 6) is 0. The predicted octanol–water partition coefficient (Wildman–Crippen LogP) is 2.75. The first-order valence-corrected chi connectivity index (χ1v) is 8.87. The van der Waals surface area contributed by atoms with E-state index in [2.05, 4.69) is 15.0 Å². The molecular weight excluding hydrogens is 364 g/mol. The molecule has 0 amide bonds. The molecule has 1 aromatic carbocycles. The van der Waals surface area contributed by atoms with Gasteiger partial charge in [0.1, 0.15) is 12.2 Å². The maximum absolute atomic E-state index is 11.6. The first kappa shape index (κ1) is 19.2. The van der Waals surface area contributed by atoms with Gasteiger partial charge in [0.05, 0.1) is 0 Å². The fraction of sp³-hybridized carbons (Fsp3) is 0.250. The van der Waals surface area contributed by atoms with E-state index in [9.17, 15) is 5.11 Å². The van der Waals surface area contributed by atoms with Crippen LogP contribution >= 0.6 is 11.6 Å². The lowest BCUT2D eigenvalue weighted by atomic mass is 9.82. The summed E-state index contributed by atoms with van der Waals surface area (Å²) in [5, 5.41) is 12.2. The number of aromatic nitrogens is 3. The largest absolute Gasteiger partial charge is 0.462 e. The molecule has 0 aliphatic heterocycles. The normalized spacial score (nSPS) is 13.4. The van der Waals surface area contributed by atoms with Gasteiger partial charge in [-0.2, -0.15) is 0 Å². The molecule has 140 valence electrons. The third kappa shape index (κ3) is 4.42. The Labute approximate surface area is 163 Å². The Morgan fingerprint density at radius 3 is 2.30 bits per heavy atom. The molecule has 6 nitrogen and oxygen atoms in total. The van der Waals surface area contributed by atoms with Crippen molar-refractivity contribution in [2.45, 2.75) is 5.60 Å². The molecule has 0 radical (unpaired) electrons. The minimum atomic E-state index is -1.46. The van der Waals surface area contributed by atoms with Crippen LogP contribution in [0.3, 0.4) is 0 Å². The van der Waals surface area contributed by atoms with Crippen LogP contribution in [0.25, 0.3) is 0 Å². The quantitative estimate of drug-likeness (QED) is 0.675. The molecule has 3 aromatic rings. The molecule has 3 rings (SSSR count). The Hall–Kier alpha value is -2.54. The van der Waals surface area contributed by atoms with E-state index in [1.807, 2.05) is 25.1 Å². The fourth-order valence-electron chi connectivity index (χ4n) is 2.66. The smallest absolute Gasteiger partial charge is 0.316 e. The summed E-state index contributed by atoms with van der Waals surface area (Å²) in [6.45, 7) is 1.24. The highest BCUT2D eigenvalue weighted by Gasteiger charge is 2.35. The van der Waals surface area contributed by atoms with Crippen LogP contribution in [0, 0.1) is 0 Å². The van der Waals surface area contributed by atoms with Crippen LogP contribution < -0.4 is 4.74 Å². The first-order chi connectivity index (χ1) is 13.0. The molecule has 2 aromatic heterocycles. The van der Waals surface area contributed by atoms with Gasteiger partial charge in [0, 0.05) is 47.5 Å². The van der Waals surface area contributed by atoms with Gasteiger partial charge in [-0.25, -0.2) is 9.97 Å². The van der Waals surface area contributed by atoms with Gasteiger partial charge in [0.25, 0.3) is 0 Å². The molecular formula is C20H21ClN4O2. The van der Waals surface area contributed by atoms with Crippen LogP contribution in [0.2, 0.25) is 5.02 Å². The summed E-state index contributed by atoms with van der Waals surface area (Å²) >= 11 is 6.01. The molecule has 1 N–H and O–H groups in total. The van der Waals surface area contributed by atoms with Crippen molar-refractivity contribution in [2.75, 3.05) is 27.2 Å². The number of ether oxygens (including phenoxy) is 1. The van der Waals surface area contributed by atoms with Crippen molar-refractivity contribution in [1.82, 2.24) is 19.9 Å². The number of nitrogens with zero attached hydrogens (tertiary/aromatic N) is 4. The van der Waals surface area contributed by atoms with Gasteiger partial charge < -0.3 is 14.7 Å². The van der Waals surface area contributed by atoms with Gasteiger partial charge >= 0.3 is 6.01 Å². The Kier molecular flexibility index (Phi) is 6.01. The average molecular weight is 385 g/mol. The Bertz CT molecular complexity index is 857. The summed E-state index contributed by atoms with van der Waals surface area (Å²) in [6.07, 6.45) is 6.42. The molecule has 0 aliphatic carbocycles. The maximum Gasteiger partial charge on any atom is 0.316 e. The number of rotatable bonds is 7. The summed E-state index contributed by atoms with van der Waals surface area (Å²) in [7, 11) is 3.93. The fourth-order valence-corrected chi connectivity index (χ4v) is 2.79. The molecule has 27 heavy (non-hydrogen) atoms. The third-order valence-electron chi connectivity index (χ3n) is 4.16. The lowest BCUT2D eigenvalue weighted by Gasteiger charge is -2.29. The molecule has 0 bridgehead atoms. The molecule has 2 heterocycles. The zero-order valence-electron chi connectivity index (χ0n) is 15.2. The zero-order valence-corrected chi connectivity index (χ0v) is 16.0. The Balaban J connectivity index is 1.95. The van der Waals surface area contributed by atoms with Gasteiger partial charge in [-0.1, -0.05) is 29.8 Å². The molecule has 1 atom stereocenters. The van der Waals surface area contributed by atoms with Crippen molar-refractivity contribution in [1.29, 1.82) is 0 Å². The van der Waals surface area contributed by atoms with Gasteiger partial charge in [0.15, 0.2) is 0 Å². The van der Waals surface area contributed by atoms with Crippen molar-refractivity contribution >= 4 is 11.6 Å². The zero-order chi connectivity index (χ0) is 19.3. The lowest BCUT2D eigenvalue weighted by molar-refractivity contribution is 0.124. The maximum atomic E-state index is 11.6. The Morgan fingerprint density at radius 2 is 1.70 bits per heavy atom. The molecule has 0 saturated carbocycles. The number of hydrogen-bond acceptors (Lipinski definition) is 6. The highest BCUT2D eigenvalue weighted by atomic mass is 35.5. The highest BCUT2D eigenvalue weighted by Crippen LogP contribution is 2.36. The monoisotopic (exact) mass is 384 g/mol. The number of halogens is 1. The summed E-state index contributed by atoms with van der Waals surface area (Å²) < 4.78 is 5.54. The Morgan fingerprint density at radius 1 is 1.00 bits per heavy atom. The molecule has 1 unspecified atom stereocenters. The summed E-state index contributed by atoms with van der Waals surface area (Å²) in [6, 6.07) is 10.9. The number of benzene rings is 1. The average Bonchev–Trinajstić information content (AvgIpc) is 2.69. The number of aliphatic hydroxyl groups is 1. The van der Waals surface area contributed by atoms with Crippen LogP contribution in [-0.4, -0.2) is 52.2 Å². The highest BCUT2D eigenvalue weighted by molar-refractivity contribution is 6.30. The molecule has 0 saturated heterocycles. The van der Waals surface area contributed by atoms with E-state index in [4.69, 9.17) is 16.3 Å². The van der Waals surface area contributed by atoms with Gasteiger partial charge in [0.2, 0.25) is 0 Å². The van der Waals surface area contributed by atoms with E-state index in [0.717, 1.165) is 6.54 Å². The van der Waals surface area contributed by atoms with E-state index in [0.29, 0.717) is 28.3 Å². The second-order valence-electron chi connectivity index (χ2n) is 6.37. The van der Waals surface area contributed by atoms with Crippen LogP contribution in [0.15, 0.2) is 61.2 Å². The van der Waals surface area contributed by atoms with E-state index in [1.165, 1.54) is 0 Å². The van der Waals surface area contributed by atoms with Crippen molar-refractivity contribution in [3.63, 3.8) is 0 Å². The second-order valence-corrected chi connectivity index (χ2v) is 6.80. The van der Waals surface area contributed by atoms with Crippen LogP contribution in [0.5, 0.6) is 6.01 Å². The molecule has 0 fully saturated rings. The number of hydrogen-bond donors (Lipinski definition) is 1. The number of pyridine rings is 1. The van der Waals surface area contributed by atoms with Crippen LogP contribution in [0.1, 0.15) is 16.7 Å². The van der Waals surface area contributed by atoms with Gasteiger partial charge in [-0.3, -0.25) is 4.98 Å². The van der Waals surface area contributed by atoms with Crippen molar-refractivity contribution in [2.24, 2.45) is 0 Å². The van der Waals surface area contributed by atoms with E-state index in [-0.39, 0.29) is 6.01 Å². The van der Waals surface area contributed by atoms with Gasteiger partial charge in [-0.05, 0) is 37.9 Å². The van der Waals surface area contributed by atoms with Gasteiger partial charge in [-0.15, -0.1) is 0 Å². The number of likely N-dealkylation sites (N-methyl/N-ethyl adjacent to an activating group) is 1. The molecule has 0 spiro atoms. The van der Waals surface area contributed by atoms with Crippen LogP contribution in [-0.2, 0) is 5.60 Å². The minimum absolute atomic E-state index is 0.269. The summed E-state index contributed by atoms with van der Waals surface area (Å²) in [4.78, 5) is 14.7. The standard InChI is InChI=1S/C20H21ClN4O2/c1-25(2)10-11-27-19-23-13-17(14-24-19)20(26,16-4-3-9-22-12-16)15-5-7-18(21)8-6-15/h3-9,12-14,26H,10-11H2,1-2H3. The third-order valence-corrected chi connectivity index (χ3v) is 4.41.